The Morgan fingerprint density at radius 3 is 2.75 bits per heavy atom. The first kappa shape index (κ1) is 11.8. The van der Waals surface area contributed by atoms with Gasteiger partial charge in [-0.25, -0.2) is 4.79 Å². The molecular formula is C12H22BNO2. The Labute approximate surface area is 98.9 Å². The van der Waals surface area contributed by atoms with Gasteiger partial charge in [0, 0.05) is 7.05 Å². The molecule has 90 valence electrons. The van der Waals surface area contributed by atoms with E-state index >= 15 is 0 Å². The number of hydrogen-bond donors (Lipinski definition) is 0. The molecule has 0 N–H and O–H groups in total. The van der Waals surface area contributed by atoms with E-state index in [1.54, 1.807) is 4.90 Å². The number of nitrogens with zero attached hydrogens (tertiary/aromatic N) is 1. The van der Waals surface area contributed by atoms with Crippen molar-refractivity contribution in [1.82, 2.24) is 4.90 Å². The van der Waals surface area contributed by atoms with Crippen LogP contribution in [0.3, 0.4) is 0 Å². The Balaban J connectivity index is 2.27. The molecule has 1 aliphatic carbocycles. The molecule has 0 radical (unpaired) electrons. The summed E-state index contributed by atoms with van der Waals surface area (Å²) in [6.45, 7) is 4.53. The average Bonchev–Trinajstić information content (AvgIpc) is 2.50. The fourth-order valence-corrected chi connectivity index (χ4v) is 3.06. The zero-order valence-electron chi connectivity index (χ0n) is 10.8. The van der Waals surface area contributed by atoms with E-state index in [2.05, 4.69) is 21.7 Å². The zero-order valence-corrected chi connectivity index (χ0v) is 10.8. The Morgan fingerprint density at radius 2 is 2.06 bits per heavy atom. The first-order valence-electron chi connectivity index (χ1n) is 6.38. The number of hydrogen-bond acceptors (Lipinski definition) is 2. The maximum Gasteiger partial charge on any atom is 0.410 e. The molecule has 1 amide bonds. The van der Waals surface area contributed by atoms with Crippen molar-refractivity contribution in [3.05, 3.63) is 0 Å². The third-order valence-electron chi connectivity index (χ3n) is 4.75. The van der Waals surface area contributed by atoms with Crippen molar-refractivity contribution in [2.45, 2.75) is 57.0 Å². The predicted molar refractivity (Wildman–Crippen MR) is 66.4 cm³/mol. The molecule has 1 saturated carbocycles. The molecule has 1 aliphatic heterocycles. The van der Waals surface area contributed by atoms with Gasteiger partial charge in [-0.15, -0.1) is 0 Å². The number of rotatable bonds is 0. The quantitative estimate of drug-likeness (QED) is 0.586. The van der Waals surface area contributed by atoms with Crippen LogP contribution in [0.25, 0.3) is 0 Å². The molecule has 4 heteroatoms. The highest BCUT2D eigenvalue weighted by Crippen LogP contribution is 2.47. The van der Waals surface area contributed by atoms with E-state index < -0.39 is 0 Å². The van der Waals surface area contributed by atoms with Gasteiger partial charge in [0.05, 0.1) is 6.04 Å². The summed E-state index contributed by atoms with van der Waals surface area (Å²) in [7, 11) is 4.11. The maximum absolute atomic E-state index is 11.7. The van der Waals surface area contributed by atoms with Crippen molar-refractivity contribution < 1.29 is 9.53 Å². The molecule has 0 aromatic carbocycles. The normalized spacial score (nSPS) is 44.6. The summed E-state index contributed by atoms with van der Waals surface area (Å²) in [5, 5.41) is 0.0888. The fraction of sp³-hybridized carbons (Fsp3) is 0.917. The lowest BCUT2D eigenvalue weighted by atomic mass is 9.55. The van der Waals surface area contributed by atoms with Crippen molar-refractivity contribution in [2.24, 2.45) is 5.92 Å². The molecule has 3 nitrogen and oxygen atoms in total. The summed E-state index contributed by atoms with van der Waals surface area (Å²) < 4.78 is 5.59. The molecule has 0 spiro atoms. The lowest BCUT2D eigenvalue weighted by molar-refractivity contribution is 0.0742. The van der Waals surface area contributed by atoms with Crippen LogP contribution < -0.4 is 0 Å². The Hall–Kier alpha value is -0.665. The second kappa shape index (κ2) is 3.97. The number of carbonyl (C=O) groups is 1. The van der Waals surface area contributed by atoms with Gasteiger partial charge in [0.25, 0.3) is 0 Å². The van der Waals surface area contributed by atoms with Crippen LogP contribution in [0.4, 0.5) is 4.79 Å². The van der Waals surface area contributed by atoms with E-state index in [0.29, 0.717) is 5.92 Å². The lowest BCUT2D eigenvalue weighted by Gasteiger charge is -2.41. The molecular weight excluding hydrogens is 201 g/mol. The van der Waals surface area contributed by atoms with Gasteiger partial charge >= 0.3 is 6.09 Å². The minimum absolute atomic E-state index is 0.0697. The van der Waals surface area contributed by atoms with Crippen molar-refractivity contribution in [3.8, 4) is 0 Å². The molecule has 2 rings (SSSR count). The maximum atomic E-state index is 11.7. The molecule has 4 unspecified atom stereocenters. The SMILES string of the molecule is BC1(C)C(C)CCCCC2C1OC(=O)N2C. The monoisotopic (exact) mass is 223 g/mol. The van der Waals surface area contributed by atoms with Crippen LogP contribution in [0.5, 0.6) is 0 Å². The summed E-state index contributed by atoms with van der Waals surface area (Å²) in [6, 6.07) is 0.283. The van der Waals surface area contributed by atoms with Crippen LogP contribution in [0.1, 0.15) is 39.5 Å². The molecule has 2 aliphatic rings. The minimum atomic E-state index is -0.142. The topological polar surface area (TPSA) is 29.5 Å². The summed E-state index contributed by atoms with van der Waals surface area (Å²) in [6.07, 6.45) is 4.75. The van der Waals surface area contributed by atoms with Gasteiger partial charge in [0.15, 0.2) is 0 Å². The van der Waals surface area contributed by atoms with Crippen molar-refractivity contribution >= 4 is 13.9 Å². The van der Waals surface area contributed by atoms with E-state index in [1.165, 1.54) is 19.3 Å². The van der Waals surface area contributed by atoms with Crippen molar-refractivity contribution in [3.63, 3.8) is 0 Å². The highest BCUT2D eigenvalue weighted by molar-refractivity contribution is 6.16. The van der Waals surface area contributed by atoms with E-state index in [0.717, 1.165) is 6.42 Å². The number of fused-ring (bicyclic) bond motifs is 1. The van der Waals surface area contributed by atoms with E-state index in [-0.39, 0.29) is 23.6 Å². The van der Waals surface area contributed by atoms with Crippen LogP contribution in [0.2, 0.25) is 5.31 Å². The standard InChI is InChI=1S/C12H22BNO2/c1-8-6-4-5-7-9-10(12(8,2)13)16-11(15)14(9)3/h8-10H,4-7,13H2,1-3H3. The number of likely N-dealkylation sites (N-methyl/N-ethyl adjacent to an activating group) is 1. The van der Waals surface area contributed by atoms with E-state index in [9.17, 15) is 4.79 Å². The van der Waals surface area contributed by atoms with Gasteiger partial charge in [0.2, 0.25) is 0 Å². The van der Waals surface area contributed by atoms with Crippen LogP contribution >= 0.6 is 0 Å². The molecule has 4 atom stereocenters. The molecule has 2 fully saturated rings. The Kier molecular flexibility index (Phi) is 2.93. The first-order chi connectivity index (χ1) is 7.44. The fourth-order valence-electron chi connectivity index (χ4n) is 3.06. The smallest absolute Gasteiger partial charge is 0.410 e. The Bertz CT molecular complexity index is 293. The van der Waals surface area contributed by atoms with Crippen LogP contribution in [0, 0.1) is 5.92 Å². The van der Waals surface area contributed by atoms with Gasteiger partial charge in [-0.05, 0) is 17.7 Å². The van der Waals surface area contributed by atoms with Gasteiger partial charge in [-0.3, -0.25) is 0 Å². The van der Waals surface area contributed by atoms with Gasteiger partial charge in [-0.2, -0.15) is 0 Å². The second-order valence-corrected chi connectivity index (χ2v) is 5.99. The summed E-state index contributed by atoms with van der Waals surface area (Å²) in [5.41, 5.74) is 0. The lowest BCUT2D eigenvalue weighted by Crippen LogP contribution is -2.43. The van der Waals surface area contributed by atoms with Gasteiger partial charge in [0.1, 0.15) is 14.0 Å². The third kappa shape index (κ3) is 1.72. The largest absolute Gasteiger partial charge is 0.444 e. The molecule has 1 saturated heterocycles. The number of amides is 1. The number of ether oxygens (including phenoxy) is 1. The van der Waals surface area contributed by atoms with Crippen LogP contribution in [0.15, 0.2) is 0 Å². The molecule has 1 heterocycles. The average molecular weight is 223 g/mol. The molecule has 0 aromatic rings. The van der Waals surface area contributed by atoms with Crippen LogP contribution in [-0.4, -0.2) is 38.0 Å². The first-order valence-corrected chi connectivity index (χ1v) is 6.38. The minimum Gasteiger partial charge on any atom is -0.444 e. The summed E-state index contributed by atoms with van der Waals surface area (Å²) in [5.74, 6) is 0.611. The Morgan fingerprint density at radius 1 is 1.44 bits per heavy atom. The molecule has 0 aromatic heterocycles. The zero-order chi connectivity index (χ0) is 11.9. The van der Waals surface area contributed by atoms with Crippen molar-refractivity contribution in [1.29, 1.82) is 0 Å². The summed E-state index contributed by atoms with van der Waals surface area (Å²) >= 11 is 0. The van der Waals surface area contributed by atoms with Crippen LogP contribution in [-0.2, 0) is 4.74 Å². The van der Waals surface area contributed by atoms with Gasteiger partial charge < -0.3 is 9.64 Å². The predicted octanol–water partition coefficient (Wildman–Crippen LogP) is 1.83. The van der Waals surface area contributed by atoms with Gasteiger partial charge in [-0.1, -0.05) is 33.1 Å². The second-order valence-electron chi connectivity index (χ2n) is 5.99. The highest BCUT2D eigenvalue weighted by Gasteiger charge is 2.49. The van der Waals surface area contributed by atoms with E-state index in [4.69, 9.17) is 4.74 Å². The summed E-state index contributed by atoms with van der Waals surface area (Å²) in [4.78, 5) is 13.5. The molecule has 16 heavy (non-hydrogen) atoms. The van der Waals surface area contributed by atoms with E-state index in [1.807, 2.05) is 7.05 Å². The molecule has 0 bridgehead atoms. The third-order valence-corrected chi connectivity index (χ3v) is 4.75. The number of carbonyl (C=O) groups excluding carboxylic acids is 1. The van der Waals surface area contributed by atoms with Crippen molar-refractivity contribution in [2.75, 3.05) is 7.05 Å². The highest BCUT2D eigenvalue weighted by atomic mass is 16.6.